The molecule has 172 valence electrons. The van der Waals surface area contributed by atoms with Crippen LogP contribution in [0.3, 0.4) is 0 Å². The zero-order valence-corrected chi connectivity index (χ0v) is 18.7. The molecule has 1 saturated heterocycles. The van der Waals surface area contributed by atoms with Crippen LogP contribution >= 0.6 is 0 Å². The van der Waals surface area contributed by atoms with Gasteiger partial charge in [-0.25, -0.2) is 9.37 Å². The number of rotatable bonds is 5. The summed E-state index contributed by atoms with van der Waals surface area (Å²) in [5, 5.41) is 23.4. The summed E-state index contributed by atoms with van der Waals surface area (Å²) in [7, 11) is 0. The Labute approximate surface area is 187 Å². The third-order valence-corrected chi connectivity index (χ3v) is 6.88. The fraction of sp³-hybridized carbons (Fsp3) is 0.542. The highest BCUT2D eigenvalue weighted by Gasteiger charge is 2.27. The van der Waals surface area contributed by atoms with E-state index in [0.29, 0.717) is 36.6 Å². The van der Waals surface area contributed by atoms with Crippen molar-refractivity contribution in [1.82, 2.24) is 14.5 Å². The van der Waals surface area contributed by atoms with E-state index in [1.165, 1.54) is 12.1 Å². The molecular weight excluding hydrogens is 411 g/mol. The van der Waals surface area contributed by atoms with E-state index in [9.17, 15) is 19.5 Å². The molecule has 0 spiro atoms. The highest BCUT2D eigenvalue weighted by Crippen LogP contribution is 2.25. The van der Waals surface area contributed by atoms with Gasteiger partial charge >= 0.3 is 0 Å². The van der Waals surface area contributed by atoms with E-state index >= 15 is 0 Å². The number of hydrogen-bond donors (Lipinski definition) is 2. The van der Waals surface area contributed by atoms with E-state index in [1.807, 2.05) is 13.8 Å². The average molecular weight is 443 g/mol. The monoisotopic (exact) mass is 442 g/mol. The van der Waals surface area contributed by atoms with E-state index in [-0.39, 0.29) is 17.3 Å². The molecule has 7 nitrogen and oxygen atoms in total. The second-order valence-corrected chi connectivity index (χ2v) is 8.96. The van der Waals surface area contributed by atoms with Crippen LogP contribution in [0.2, 0.25) is 0 Å². The first kappa shape index (κ1) is 22.6. The van der Waals surface area contributed by atoms with Gasteiger partial charge in [-0.05, 0) is 82.8 Å². The van der Waals surface area contributed by atoms with Crippen molar-refractivity contribution in [3.8, 4) is 0 Å². The minimum atomic E-state index is -0.657. The lowest BCUT2D eigenvalue weighted by molar-refractivity contribution is 0.129. The number of fused-ring (bicyclic) bond motifs is 1. The van der Waals surface area contributed by atoms with Crippen LogP contribution in [0.1, 0.15) is 60.0 Å². The minimum Gasteiger partial charge on any atom is -0.411 e. The van der Waals surface area contributed by atoms with Gasteiger partial charge in [0, 0.05) is 35.8 Å². The molecule has 4 rings (SSSR count). The molecule has 2 aliphatic rings. The van der Waals surface area contributed by atoms with Crippen LogP contribution in [0.25, 0.3) is 0 Å². The Bertz CT molecular complexity index is 1070. The Morgan fingerprint density at radius 2 is 1.97 bits per heavy atom. The van der Waals surface area contributed by atoms with Gasteiger partial charge in [-0.1, -0.05) is 5.16 Å². The van der Waals surface area contributed by atoms with Crippen molar-refractivity contribution in [3.63, 3.8) is 0 Å². The summed E-state index contributed by atoms with van der Waals surface area (Å²) in [5.41, 5.74) is 3.58. The van der Waals surface area contributed by atoms with Crippen molar-refractivity contribution >= 4 is 5.71 Å². The number of oxime groups is 1. The zero-order chi connectivity index (χ0) is 22.8. The summed E-state index contributed by atoms with van der Waals surface area (Å²) in [6, 6.07) is 4.54. The van der Waals surface area contributed by atoms with Crippen LogP contribution in [0, 0.1) is 25.6 Å². The van der Waals surface area contributed by atoms with E-state index in [4.69, 9.17) is 0 Å². The first-order valence-electron chi connectivity index (χ1n) is 11.4. The van der Waals surface area contributed by atoms with Gasteiger partial charge in [0.05, 0.1) is 5.71 Å². The molecule has 3 heterocycles. The number of halogens is 1. The molecule has 8 heteroatoms. The lowest BCUT2D eigenvalue weighted by Crippen LogP contribution is -2.39. The van der Waals surface area contributed by atoms with E-state index in [2.05, 4.69) is 15.0 Å². The molecule has 0 saturated carbocycles. The van der Waals surface area contributed by atoms with Crippen molar-refractivity contribution in [2.45, 2.75) is 58.6 Å². The Morgan fingerprint density at radius 1 is 1.22 bits per heavy atom. The standard InChI is InChI=1S/C24H31FN4O3/c1-15-14-18(25)5-6-19(15)22(27-32)17-7-11-28(12-8-17)13-9-20-16(2)26-23-21(30)4-3-10-29(23)24(20)31/h5-6,14,17,21,30,32H,3-4,7-13H2,1-2H3/b27-22-. The first-order valence-corrected chi connectivity index (χ1v) is 11.4. The normalized spacial score (nSPS) is 20.4. The summed E-state index contributed by atoms with van der Waals surface area (Å²) in [4.78, 5) is 19.8. The zero-order valence-electron chi connectivity index (χ0n) is 18.7. The van der Waals surface area contributed by atoms with Gasteiger partial charge < -0.3 is 15.2 Å². The van der Waals surface area contributed by atoms with Crippen molar-refractivity contribution < 1.29 is 14.7 Å². The summed E-state index contributed by atoms with van der Waals surface area (Å²) in [5.74, 6) is 0.311. The Morgan fingerprint density at radius 3 is 2.66 bits per heavy atom. The van der Waals surface area contributed by atoms with Crippen LogP contribution < -0.4 is 5.56 Å². The average Bonchev–Trinajstić information content (AvgIpc) is 2.77. The predicted molar refractivity (Wildman–Crippen MR) is 120 cm³/mol. The third kappa shape index (κ3) is 4.47. The molecule has 2 aliphatic heterocycles. The topological polar surface area (TPSA) is 91.0 Å². The Balaban J connectivity index is 1.39. The van der Waals surface area contributed by atoms with Crippen molar-refractivity contribution in [1.29, 1.82) is 0 Å². The van der Waals surface area contributed by atoms with Crippen molar-refractivity contribution in [2.75, 3.05) is 19.6 Å². The molecule has 32 heavy (non-hydrogen) atoms. The van der Waals surface area contributed by atoms with Crippen LogP contribution in [0.15, 0.2) is 28.1 Å². The van der Waals surface area contributed by atoms with Crippen molar-refractivity contribution in [3.05, 3.63) is 62.6 Å². The van der Waals surface area contributed by atoms with Gasteiger partial charge in [-0.3, -0.25) is 9.36 Å². The molecule has 2 N–H and O–H groups in total. The van der Waals surface area contributed by atoms with Crippen LogP contribution in [0.5, 0.6) is 0 Å². The maximum absolute atomic E-state index is 13.5. The maximum Gasteiger partial charge on any atom is 0.257 e. The SMILES string of the molecule is Cc1cc(F)ccc1/C(=N\O)C1CCN(CCc2c(C)nc3n(c2=O)CCCC3O)CC1. The predicted octanol–water partition coefficient (Wildman–Crippen LogP) is 2.96. The van der Waals surface area contributed by atoms with E-state index in [1.54, 1.807) is 10.6 Å². The fourth-order valence-electron chi connectivity index (χ4n) is 5.02. The number of likely N-dealkylation sites (tertiary alicyclic amines) is 1. The van der Waals surface area contributed by atoms with Crippen LogP contribution in [-0.2, 0) is 13.0 Å². The molecule has 0 bridgehead atoms. The second-order valence-electron chi connectivity index (χ2n) is 8.96. The van der Waals surface area contributed by atoms with E-state index in [0.717, 1.165) is 55.6 Å². The lowest BCUT2D eigenvalue weighted by atomic mass is 9.86. The number of aliphatic hydroxyl groups is 1. The van der Waals surface area contributed by atoms with Crippen molar-refractivity contribution in [2.24, 2.45) is 11.1 Å². The smallest absolute Gasteiger partial charge is 0.257 e. The van der Waals surface area contributed by atoms with Crippen LogP contribution in [-0.4, -0.2) is 50.1 Å². The van der Waals surface area contributed by atoms with Gasteiger partial charge in [0.15, 0.2) is 0 Å². The molecule has 1 aromatic carbocycles. The molecule has 2 aromatic rings. The Hall–Kier alpha value is -2.58. The fourth-order valence-corrected chi connectivity index (χ4v) is 5.02. The second kappa shape index (κ2) is 9.50. The molecule has 1 atom stereocenters. The highest BCUT2D eigenvalue weighted by molar-refractivity contribution is 6.03. The van der Waals surface area contributed by atoms with Gasteiger partial charge in [0.25, 0.3) is 5.56 Å². The molecule has 1 unspecified atom stereocenters. The third-order valence-electron chi connectivity index (χ3n) is 6.88. The largest absolute Gasteiger partial charge is 0.411 e. The summed E-state index contributed by atoms with van der Waals surface area (Å²) >= 11 is 0. The molecule has 1 fully saturated rings. The van der Waals surface area contributed by atoms with E-state index < -0.39 is 6.10 Å². The van der Waals surface area contributed by atoms with Gasteiger partial charge in [0.2, 0.25) is 0 Å². The number of nitrogens with zero attached hydrogens (tertiary/aromatic N) is 4. The van der Waals surface area contributed by atoms with Gasteiger partial charge in [-0.2, -0.15) is 0 Å². The maximum atomic E-state index is 13.5. The summed E-state index contributed by atoms with van der Waals surface area (Å²) in [6.45, 7) is 6.71. The lowest BCUT2D eigenvalue weighted by Gasteiger charge is -2.32. The number of aliphatic hydroxyl groups excluding tert-OH is 1. The molecule has 0 radical (unpaired) electrons. The highest BCUT2D eigenvalue weighted by atomic mass is 19.1. The van der Waals surface area contributed by atoms with Gasteiger partial charge in [-0.15, -0.1) is 0 Å². The first-order chi connectivity index (χ1) is 15.4. The molecule has 0 amide bonds. The number of benzene rings is 1. The number of piperidine rings is 1. The molecule has 0 aliphatic carbocycles. The number of hydrogen-bond acceptors (Lipinski definition) is 6. The van der Waals surface area contributed by atoms with Crippen LogP contribution in [0.4, 0.5) is 4.39 Å². The number of aromatic nitrogens is 2. The van der Waals surface area contributed by atoms with Gasteiger partial charge in [0.1, 0.15) is 17.7 Å². The Kier molecular flexibility index (Phi) is 6.71. The summed E-state index contributed by atoms with van der Waals surface area (Å²) in [6.07, 6.45) is 3.07. The summed E-state index contributed by atoms with van der Waals surface area (Å²) < 4.78 is 15.1. The number of aryl methyl sites for hydroxylation is 2. The molecular formula is C24H31FN4O3. The molecule has 1 aromatic heterocycles. The quantitative estimate of drug-likeness (QED) is 0.422. The minimum absolute atomic E-state index is 0.0254.